The van der Waals surface area contributed by atoms with Gasteiger partial charge in [-0.3, -0.25) is 19.3 Å². The van der Waals surface area contributed by atoms with Gasteiger partial charge in [0, 0.05) is 13.0 Å². The van der Waals surface area contributed by atoms with Gasteiger partial charge < -0.3 is 5.32 Å². The van der Waals surface area contributed by atoms with Gasteiger partial charge in [0.15, 0.2) is 0 Å². The third kappa shape index (κ3) is 3.19. The van der Waals surface area contributed by atoms with Crippen LogP contribution in [-0.4, -0.2) is 29.2 Å². The molecular formula is C24H30N2O3. The Morgan fingerprint density at radius 1 is 1.07 bits per heavy atom. The van der Waals surface area contributed by atoms with Gasteiger partial charge in [-0.15, -0.1) is 0 Å². The first-order valence-electron chi connectivity index (χ1n) is 11.3. The molecule has 0 aromatic heterocycles. The number of imide groups is 1. The van der Waals surface area contributed by atoms with Gasteiger partial charge in [-0.25, -0.2) is 0 Å². The molecule has 1 saturated heterocycles. The van der Waals surface area contributed by atoms with Crippen molar-refractivity contribution in [2.75, 3.05) is 6.54 Å². The SMILES string of the molecule is CC(NC(=O)CCN1C(=O)C2C3CCC(C3)C2C1=O)c1ccc2c(c1)CCCC2. The van der Waals surface area contributed by atoms with Crippen LogP contribution in [0.4, 0.5) is 0 Å². The van der Waals surface area contributed by atoms with Crippen molar-refractivity contribution in [2.45, 2.75) is 64.3 Å². The van der Waals surface area contributed by atoms with E-state index in [1.807, 2.05) is 6.92 Å². The van der Waals surface area contributed by atoms with Crippen LogP contribution in [0.2, 0.25) is 0 Å². The van der Waals surface area contributed by atoms with Gasteiger partial charge in [-0.05, 0) is 80.4 Å². The second-order valence-electron chi connectivity index (χ2n) is 9.49. The predicted octanol–water partition coefficient (Wildman–Crippen LogP) is 3.16. The second kappa shape index (κ2) is 7.26. The molecule has 5 heteroatoms. The number of hydrogen-bond donors (Lipinski definition) is 1. The first kappa shape index (κ1) is 18.8. The second-order valence-corrected chi connectivity index (χ2v) is 9.49. The number of carbonyl (C=O) groups is 3. The van der Waals surface area contributed by atoms with Crippen molar-refractivity contribution in [1.29, 1.82) is 0 Å². The Hall–Kier alpha value is -2.17. The van der Waals surface area contributed by atoms with E-state index >= 15 is 0 Å². The maximum atomic E-state index is 12.8. The number of rotatable bonds is 5. The average molecular weight is 395 g/mol. The van der Waals surface area contributed by atoms with Crippen molar-refractivity contribution in [1.82, 2.24) is 10.2 Å². The van der Waals surface area contributed by atoms with E-state index in [2.05, 4.69) is 23.5 Å². The van der Waals surface area contributed by atoms with Gasteiger partial charge in [0.25, 0.3) is 0 Å². The van der Waals surface area contributed by atoms with E-state index in [9.17, 15) is 14.4 Å². The Kier molecular flexibility index (Phi) is 4.72. The quantitative estimate of drug-likeness (QED) is 0.780. The fourth-order valence-corrected chi connectivity index (χ4v) is 6.32. The Bertz CT molecular complexity index is 836. The van der Waals surface area contributed by atoms with Crippen LogP contribution in [0.1, 0.15) is 68.2 Å². The van der Waals surface area contributed by atoms with E-state index in [0.717, 1.165) is 37.7 Å². The number of carbonyl (C=O) groups excluding carboxylic acids is 3. The van der Waals surface area contributed by atoms with E-state index in [0.29, 0.717) is 11.8 Å². The van der Waals surface area contributed by atoms with E-state index in [-0.39, 0.29) is 48.6 Å². The zero-order valence-electron chi connectivity index (χ0n) is 17.2. The number of amides is 3. The van der Waals surface area contributed by atoms with E-state index in [1.54, 1.807) is 0 Å². The highest BCUT2D eigenvalue weighted by molar-refractivity contribution is 6.06. The van der Waals surface area contributed by atoms with Crippen molar-refractivity contribution in [3.63, 3.8) is 0 Å². The lowest BCUT2D eigenvalue weighted by Gasteiger charge is -2.21. The standard InChI is InChI=1S/C24H30N2O3/c1-14(16-7-6-15-4-2-3-5-17(15)12-16)25-20(27)10-11-26-23(28)21-18-8-9-19(13-18)22(21)24(26)29/h6-7,12,14,18-19,21-22H,2-5,8-11,13H2,1H3,(H,25,27). The summed E-state index contributed by atoms with van der Waals surface area (Å²) >= 11 is 0. The largest absolute Gasteiger partial charge is 0.350 e. The Morgan fingerprint density at radius 3 is 2.41 bits per heavy atom. The molecule has 5 rings (SSSR count). The zero-order chi connectivity index (χ0) is 20.1. The van der Waals surface area contributed by atoms with Crippen molar-refractivity contribution in [2.24, 2.45) is 23.7 Å². The van der Waals surface area contributed by atoms with Gasteiger partial charge in [0.1, 0.15) is 0 Å². The molecule has 1 N–H and O–H groups in total. The maximum absolute atomic E-state index is 12.8. The molecule has 5 nitrogen and oxygen atoms in total. The molecule has 29 heavy (non-hydrogen) atoms. The number of nitrogens with one attached hydrogen (secondary N) is 1. The van der Waals surface area contributed by atoms with E-state index in [1.165, 1.54) is 28.9 Å². The number of aryl methyl sites for hydroxylation is 2. The lowest BCUT2D eigenvalue weighted by atomic mass is 9.81. The molecule has 2 bridgehead atoms. The monoisotopic (exact) mass is 394 g/mol. The van der Waals surface area contributed by atoms with Crippen LogP contribution in [0.25, 0.3) is 0 Å². The third-order valence-corrected chi connectivity index (χ3v) is 7.83. The van der Waals surface area contributed by atoms with E-state index in [4.69, 9.17) is 0 Å². The summed E-state index contributed by atoms with van der Waals surface area (Å²) in [7, 11) is 0. The summed E-state index contributed by atoms with van der Waals surface area (Å²) < 4.78 is 0. The number of hydrogen-bond acceptors (Lipinski definition) is 3. The highest BCUT2D eigenvalue weighted by Gasteiger charge is 2.60. The van der Waals surface area contributed by atoms with Gasteiger partial charge >= 0.3 is 0 Å². The van der Waals surface area contributed by atoms with Crippen LogP contribution in [-0.2, 0) is 27.2 Å². The summed E-state index contributed by atoms with van der Waals surface area (Å²) in [6, 6.07) is 6.46. The topological polar surface area (TPSA) is 66.5 Å². The van der Waals surface area contributed by atoms with Gasteiger partial charge in [0.2, 0.25) is 17.7 Å². The Morgan fingerprint density at radius 2 is 1.72 bits per heavy atom. The molecule has 1 heterocycles. The molecule has 2 saturated carbocycles. The fraction of sp³-hybridized carbons (Fsp3) is 0.625. The summed E-state index contributed by atoms with van der Waals surface area (Å²) in [6.45, 7) is 2.21. The van der Waals surface area contributed by atoms with Crippen LogP contribution < -0.4 is 5.32 Å². The van der Waals surface area contributed by atoms with E-state index < -0.39 is 0 Å². The third-order valence-electron chi connectivity index (χ3n) is 7.83. The molecule has 1 aliphatic heterocycles. The van der Waals surface area contributed by atoms with Crippen LogP contribution in [0, 0.1) is 23.7 Å². The lowest BCUT2D eigenvalue weighted by molar-refractivity contribution is -0.141. The van der Waals surface area contributed by atoms with Crippen molar-refractivity contribution in [3.8, 4) is 0 Å². The minimum Gasteiger partial charge on any atom is -0.350 e. The molecule has 1 aromatic rings. The first-order chi connectivity index (χ1) is 14.0. The molecule has 1 aromatic carbocycles. The molecule has 3 aliphatic carbocycles. The van der Waals surface area contributed by atoms with Crippen LogP contribution in [0.15, 0.2) is 18.2 Å². The van der Waals surface area contributed by atoms with Crippen molar-refractivity contribution in [3.05, 3.63) is 34.9 Å². The van der Waals surface area contributed by atoms with Crippen LogP contribution in [0.3, 0.4) is 0 Å². The minimum atomic E-state index is -0.101. The number of likely N-dealkylation sites (tertiary alicyclic amines) is 1. The Labute approximate surface area is 172 Å². The molecule has 4 aliphatic rings. The van der Waals surface area contributed by atoms with Gasteiger partial charge in [-0.2, -0.15) is 0 Å². The summed E-state index contributed by atoms with van der Waals surface area (Å²) in [6.07, 6.45) is 8.15. The van der Waals surface area contributed by atoms with Crippen LogP contribution >= 0.6 is 0 Å². The fourth-order valence-electron chi connectivity index (χ4n) is 6.32. The maximum Gasteiger partial charge on any atom is 0.233 e. The zero-order valence-corrected chi connectivity index (χ0v) is 17.2. The molecule has 154 valence electrons. The number of benzene rings is 1. The van der Waals surface area contributed by atoms with Gasteiger partial charge in [-0.1, -0.05) is 18.2 Å². The minimum absolute atomic E-state index is 0.0252. The highest BCUT2D eigenvalue weighted by Crippen LogP contribution is 2.56. The molecule has 3 amide bonds. The summed E-state index contributed by atoms with van der Waals surface area (Å²) in [5.41, 5.74) is 3.96. The molecule has 0 spiro atoms. The van der Waals surface area contributed by atoms with Crippen molar-refractivity contribution < 1.29 is 14.4 Å². The molecule has 0 radical (unpaired) electrons. The number of fused-ring (bicyclic) bond motifs is 6. The first-order valence-corrected chi connectivity index (χ1v) is 11.3. The summed E-state index contributed by atoms with van der Waals surface area (Å²) in [5, 5.41) is 3.05. The molecule has 5 unspecified atom stereocenters. The predicted molar refractivity (Wildman–Crippen MR) is 109 cm³/mol. The number of nitrogens with zero attached hydrogens (tertiary/aromatic N) is 1. The normalized spacial score (nSPS) is 31.0. The Balaban J connectivity index is 1.17. The summed E-state index contributed by atoms with van der Waals surface area (Å²) in [5.74, 6) is 0.437. The van der Waals surface area contributed by atoms with Crippen molar-refractivity contribution >= 4 is 17.7 Å². The molecule has 3 fully saturated rings. The molecule has 5 atom stereocenters. The highest BCUT2D eigenvalue weighted by atomic mass is 16.2. The van der Waals surface area contributed by atoms with Gasteiger partial charge in [0.05, 0.1) is 17.9 Å². The summed E-state index contributed by atoms with van der Waals surface area (Å²) in [4.78, 5) is 39.4. The molecular weight excluding hydrogens is 364 g/mol. The van der Waals surface area contributed by atoms with Crippen LogP contribution in [0.5, 0.6) is 0 Å². The smallest absolute Gasteiger partial charge is 0.233 e. The average Bonchev–Trinajstić information content (AvgIpc) is 3.40. The lowest BCUT2D eigenvalue weighted by Crippen LogP contribution is -2.37.